The molecule has 0 aliphatic carbocycles. The number of thiophene rings is 1. The maximum absolute atomic E-state index is 6.57. The van der Waals surface area contributed by atoms with Crippen LogP contribution in [0.3, 0.4) is 0 Å². The van der Waals surface area contributed by atoms with E-state index in [9.17, 15) is 0 Å². The average Bonchev–Trinajstić information content (AvgIpc) is 3.30. The largest absolute Gasteiger partial charge is 0.311 e. The van der Waals surface area contributed by atoms with Crippen LogP contribution in [0.25, 0.3) is 0 Å². The minimum absolute atomic E-state index is 0.465. The number of nitrogens with one attached hydrogen (secondary N) is 1. The lowest BCUT2D eigenvalue weighted by Gasteiger charge is -2.27. The van der Waals surface area contributed by atoms with Gasteiger partial charge in [0.25, 0.3) is 0 Å². The third kappa shape index (κ3) is 4.64. The van der Waals surface area contributed by atoms with Gasteiger partial charge in [0.05, 0.1) is 11.7 Å². The maximum Gasteiger partial charge on any atom is 0.131 e. The summed E-state index contributed by atoms with van der Waals surface area (Å²) in [7, 11) is 0. The fourth-order valence-corrected chi connectivity index (χ4v) is 4.71. The summed E-state index contributed by atoms with van der Waals surface area (Å²) in [5.41, 5.74) is 2.17. The summed E-state index contributed by atoms with van der Waals surface area (Å²) in [6.07, 6.45) is 2.63. The number of halogens is 1. The Bertz CT molecular complexity index is 659. The van der Waals surface area contributed by atoms with Gasteiger partial charge in [0, 0.05) is 30.1 Å². The van der Waals surface area contributed by atoms with Crippen molar-refractivity contribution in [3.8, 4) is 0 Å². The predicted octanol–water partition coefficient (Wildman–Crippen LogP) is 4.49. The third-order valence-electron chi connectivity index (χ3n) is 4.81. The molecule has 3 rings (SSSR count). The highest BCUT2D eigenvalue weighted by Gasteiger charge is 2.24. The zero-order valence-electron chi connectivity index (χ0n) is 15.5. The minimum atomic E-state index is 0.465. The molecule has 0 radical (unpaired) electrons. The summed E-state index contributed by atoms with van der Waals surface area (Å²) in [6, 6.07) is 4.88. The van der Waals surface area contributed by atoms with Crippen molar-refractivity contribution in [2.24, 2.45) is 5.92 Å². The van der Waals surface area contributed by atoms with Crippen LogP contribution in [0.4, 0.5) is 0 Å². The fourth-order valence-electron chi connectivity index (χ4n) is 3.54. The molecule has 138 valence electrons. The molecular formula is C19H29ClN4S. The highest BCUT2D eigenvalue weighted by Crippen LogP contribution is 2.28. The summed E-state index contributed by atoms with van der Waals surface area (Å²) < 4.78 is 1.94. The van der Waals surface area contributed by atoms with Crippen LogP contribution in [0, 0.1) is 12.8 Å². The first-order valence-corrected chi connectivity index (χ1v) is 10.5. The van der Waals surface area contributed by atoms with E-state index in [4.69, 9.17) is 11.6 Å². The number of rotatable bonds is 8. The van der Waals surface area contributed by atoms with Crippen molar-refractivity contribution in [2.75, 3.05) is 19.6 Å². The van der Waals surface area contributed by atoms with Gasteiger partial charge in [0.15, 0.2) is 0 Å². The van der Waals surface area contributed by atoms with E-state index in [2.05, 4.69) is 53.6 Å². The van der Waals surface area contributed by atoms with E-state index in [0.717, 1.165) is 36.0 Å². The molecule has 6 heteroatoms. The normalized spacial score (nSPS) is 16.8. The molecule has 2 aromatic rings. The van der Waals surface area contributed by atoms with E-state index >= 15 is 0 Å². The predicted molar refractivity (Wildman–Crippen MR) is 106 cm³/mol. The summed E-state index contributed by atoms with van der Waals surface area (Å²) in [6.45, 7) is 11.4. The lowest BCUT2D eigenvalue weighted by Crippen LogP contribution is -2.33. The second kappa shape index (κ2) is 8.67. The van der Waals surface area contributed by atoms with Gasteiger partial charge < -0.3 is 5.32 Å². The Morgan fingerprint density at radius 1 is 1.32 bits per heavy atom. The second-order valence-electron chi connectivity index (χ2n) is 7.34. The molecule has 0 spiro atoms. The van der Waals surface area contributed by atoms with Crippen LogP contribution in [-0.2, 0) is 13.1 Å². The molecule has 0 saturated carbocycles. The van der Waals surface area contributed by atoms with Gasteiger partial charge >= 0.3 is 0 Å². The van der Waals surface area contributed by atoms with Crippen LogP contribution in [-0.4, -0.2) is 34.3 Å². The number of aryl methyl sites for hydroxylation is 1. The van der Waals surface area contributed by atoms with E-state index in [0.29, 0.717) is 12.0 Å². The molecule has 2 aromatic heterocycles. The molecule has 25 heavy (non-hydrogen) atoms. The van der Waals surface area contributed by atoms with Crippen LogP contribution in [0.15, 0.2) is 17.5 Å². The first kappa shape index (κ1) is 18.9. The monoisotopic (exact) mass is 380 g/mol. The van der Waals surface area contributed by atoms with Gasteiger partial charge in [-0.15, -0.1) is 11.3 Å². The lowest BCUT2D eigenvalue weighted by atomic mass is 10.2. The highest BCUT2D eigenvalue weighted by molar-refractivity contribution is 7.10. The lowest BCUT2D eigenvalue weighted by molar-refractivity contribution is 0.241. The summed E-state index contributed by atoms with van der Waals surface area (Å²) >= 11 is 8.42. The van der Waals surface area contributed by atoms with Crippen molar-refractivity contribution >= 4 is 22.9 Å². The molecular weight excluding hydrogens is 352 g/mol. The quantitative estimate of drug-likeness (QED) is 0.732. The van der Waals surface area contributed by atoms with Gasteiger partial charge in [-0.3, -0.25) is 9.58 Å². The van der Waals surface area contributed by atoms with Gasteiger partial charge in [0.1, 0.15) is 5.15 Å². The van der Waals surface area contributed by atoms with Crippen LogP contribution < -0.4 is 5.32 Å². The van der Waals surface area contributed by atoms with Crippen LogP contribution in [0.2, 0.25) is 5.15 Å². The zero-order valence-corrected chi connectivity index (χ0v) is 17.0. The molecule has 0 amide bonds. The minimum Gasteiger partial charge on any atom is -0.311 e. The molecule has 4 nitrogen and oxygen atoms in total. The number of aromatic nitrogens is 2. The van der Waals surface area contributed by atoms with E-state index in [1.165, 1.54) is 30.8 Å². The van der Waals surface area contributed by atoms with Crippen molar-refractivity contribution in [1.29, 1.82) is 0 Å². The second-order valence-corrected chi connectivity index (χ2v) is 8.67. The average molecular weight is 381 g/mol. The zero-order chi connectivity index (χ0) is 17.8. The number of nitrogens with zero attached hydrogens (tertiary/aromatic N) is 3. The van der Waals surface area contributed by atoms with Gasteiger partial charge in [-0.25, -0.2) is 0 Å². The van der Waals surface area contributed by atoms with E-state index in [1.807, 2.05) is 16.0 Å². The Hall–Kier alpha value is -0.880. The molecule has 1 saturated heterocycles. The molecule has 1 fully saturated rings. The van der Waals surface area contributed by atoms with Crippen molar-refractivity contribution < 1.29 is 0 Å². The summed E-state index contributed by atoms with van der Waals surface area (Å²) in [5, 5.41) is 11.2. The Balaban J connectivity index is 1.63. The molecule has 3 heterocycles. The highest BCUT2D eigenvalue weighted by atomic mass is 35.5. The van der Waals surface area contributed by atoms with Crippen molar-refractivity contribution in [2.45, 2.75) is 52.7 Å². The van der Waals surface area contributed by atoms with Gasteiger partial charge in [-0.1, -0.05) is 31.5 Å². The van der Waals surface area contributed by atoms with Crippen LogP contribution in [0.5, 0.6) is 0 Å². The Morgan fingerprint density at radius 2 is 2.08 bits per heavy atom. The van der Waals surface area contributed by atoms with Crippen molar-refractivity contribution in [3.05, 3.63) is 38.8 Å². The molecule has 1 atom stereocenters. The van der Waals surface area contributed by atoms with Crippen molar-refractivity contribution in [3.63, 3.8) is 0 Å². The molecule has 1 aliphatic rings. The molecule has 1 aliphatic heterocycles. The smallest absolute Gasteiger partial charge is 0.131 e. The maximum atomic E-state index is 6.57. The van der Waals surface area contributed by atoms with E-state index in [-0.39, 0.29) is 0 Å². The van der Waals surface area contributed by atoms with E-state index in [1.54, 1.807) is 0 Å². The van der Waals surface area contributed by atoms with E-state index < -0.39 is 0 Å². The molecule has 0 unspecified atom stereocenters. The van der Waals surface area contributed by atoms with Gasteiger partial charge in [-0.2, -0.15) is 5.10 Å². The molecule has 0 aromatic carbocycles. The summed E-state index contributed by atoms with van der Waals surface area (Å²) in [4.78, 5) is 4.06. The van der Waals surface area contributed by atoms with Gasteiger partial charge in [-0.05, 0) is 50.2 Å². The topological polar surface area (TPSA) is 33.1 Å². The SMILES string of the molecule is Cc1nn(CC(C)C)c(Cl)c1CNC[C@@H](c1cccs1)N1CCCC1. The Morgan fingerprint density at radius 3 is 2.72 bits per heavy atom. The number of likely N-dealkylation sites (tertiary alicyclic amines) is 1. The number of hydrogen-bond acceptors (Lipinski definition) is 4. The van der Waals surface area contributed by atoms with Crippen LogP contribution >= 0.6 is 22.9 Å². The first-order chi connectivity index (χ1) is 12.1. The third-order valence-corrected chi connectivity index (χ3v) is 6.21. The molecule has 1 N–H and O–H groups in total. The van der Waals surface area contributed by atoms with Crippen LogP contribution in [0.1, 0.15) is 48.9 Å². The Labute approximate surface area is 160 Å². The molecule has 0 bridgehead atoms. The Kier molecular flexibility index (Phi) is 6.55. The van der Waals surface area contributed by atoms with Crippen molar-refractivity contribution in [1.82, 2.24) is 20.0 Å². The first-order valence-electron chi connectivity index (χ1n) is 9.26. The standard InChI is InChI=1S/C19H29ClN4S/c1-14(2)13-24-19(20)16(15(3)22-24)11-21-12-17(18-7-6-10-25-18)23-8-4-5-9-23/h6-7,10,14,17,21H,4-5,8-9,11-13H2,1-3H3/t17-/m0/s1. The van der Waals surface area contributed by atoms with Gasteiger partial charge in [0.2, 0.25) is 0 Å². The number of hydrogen-bond donors (Lipinski definition) is 1. The summed E-state index contributed by atoms with van der Waals surface area (Å²) in [5.74, 6) is 0.538. The fraction of sp³-hybridized carbons (Fsp3) is 0.632.